The molecule has 0 saturated carbocycles. The Labute approximate surface area is 157 Å². The monoisotopic (exact) mass is 375 g/mol. The number of imide groups is 1. The zero-order valence-corrected chi connectivity index (χ0v) is 14.2. The van der Waals surface area contributed by atoms with E-state index >= 15 is 0 Å². The molecule has 8 nitrogen and oxygen atoms in total. The summed E-state index contributed by atoms with van der Waals surface area (Å²) in [4.78, 5) is 48.4. The van der Waals surface area contributed by atoms with Gasteiger partial charge in [-0.25, -0.2) is 4.90 Å². The molecule has 0 aliphatic carbocycles. The second-order valence-corrected chi connectivity index (χ2v) is 6.28. The first-order chi connectivity index (χ1) is 13.4. The number of nitro benzene ring substituents is 1. The predicted molar refractivity (Wildman–Crippen MR) is 96.9 cm³/mol. The number of carbonyl (C=O) groups is 3. The fraction of sp³-hybridized carbons (Fsp3) is 0.0500. The number of carboxylic acid groups (broad SMARTS) is 1. The lowest BCUT2D eigenvalue weighted by Crippen LogP contribution is -2.40. The Morgan fingerprint density at radius 1 is 0.929 bits per heavy atom. The number of carboxylic acids is 1. The SMILES string of the molecule is O=C([O-])Cc1ccc(N2C(=O)c3cccc4c([N+](=O)[O-])ccc(c34)C2=O)cc1. The first kappa shape index (κ1) is 17.3. The first-order valence-electron chi connectivity index (χ1n) is 8.26. The third-order valence-corrected chi connectivity index (χ3v) is 4.62. The summed E-state index contributed by atoms with van der Waals surface area (Å²) in [5.74, 6) is -2.44. The van der Waals surface area contributed by atoms with Crippen molar-refractivity contribution in [2.75, 3.05) is 4.90 Å². The van der Waals surface area contributed by atoms with Gasteiger partial charge in [0.05, 0.1) is 16.0 Å². The Hall–Kier alpha value is -4.07. The van der Waals surface area contributed by atoms with Gasteiger partial charge in [0.2, 0.25) is 0 Å². The van der Waals surface area contributed by atoms with Gasteiger partial charge in [-0.05, 0) is 35.9 Å². The van der Waals surface area contributed by atoms with E-state index in [0.29, 0.717) is 5.56 Å². The molecule has 0 radical (unpaired) electrons. The summed E-state index contributed by atoms with van der Waals surface area (Å²) in [6.07, 6.45) is -0.284. The van der Waals surface area contributed by atoms with Crippen LogP contribution in [0.25, 0.3) is 10.8 Å². The second-order valence-electron chi connectivity index (χ2n) is 6.28. The van der Waals surface area contributed by atoms with Gasteiger partial charge >= 0.3 is 0 Å². The van der Waals surface area contributed by atoms with Crippen molar-refractivity contribution in [2.45, 2.75) is 6.42 Å². The van der Waals surface area contributed by atoms with E-state index in [1.54, 1.807) is 0 Å². The molecule has 0 atom stereocenters. The van der Waals surface area contributed by atoms with Crippen molar-refractivity contribution in [3.8, 4) is 0 Å². The maximum atomic E-state index is 13.0. The van der Waals surface area contributed by atoms with Crippen LogP contribution in [0.4, 0.5) is 11.4 Å². The number of benzene rings is 3. The van der Waals surface area contributed by atoms with Gasteiger partial charge in [-0.3, -0.25) is 19.7 Å². The molecule has 4 rings (SSSR count). The van der Waals surface area contributed by atoms with Crippen molar-refractivity contribution in [1.82, 2.24) is 0 Å². The van der Waals surface area contributed by atoms with Crippen LogP contribution in [0.5, 0.6) is 0 Å². The van der Waals surface area contributed by atoms with E-state index in [1.165, 1.54) is 54.6 Å². The van der Waals surface area contributed by atoms with Gasteiger partial charge in [-0.2, -0.15) is 0 Å². The van der Waals surface area contributed by atoms with Crippen molar-refractivity contribution in [1.29, 1.82) is 0 Å². The molecule has 3 aromatic carbocycles. The van der Waals surface area contributed by atoms with Crippen LogP contribution in [0.3, 0.4) is 0 Å². The maximum absolute atomic E-state index is 13.0. The van der Waals surface area contributed by atoms with E-state index in [-0.39, 0.29) is 39.7 Å². The molecule has 3 aromatic rings. The van der Waals surface area contributed by atoms with Gasteiger partial charge in [-0.15, -0.1) is 0 Å². The van der Waals surface area contributed by atoms with Gasteiger partial charge < -0.3 is 9.90 Å². The van der Waals surface area contributed by atoms with Crippen LogP contribution >= 0.6 is 0 Å². The average molecular weight is 375 g/mol. The molecular formula is C20H11N2O6-. The van der Waals surface area contributed by atoms with Crippen LogP contribution in [0.2, 0.25) is 0 Å². The van der Waals surface area contributed by atoms with Crippen LogP contribution in [-0.4, -0.2) is 22.7 Å². The number of nitrogens with zero attached hydrogens (tertiary/aromatic N) is 2. The van der Waals surface area contributed by atoms with Crippen LogP contribution in [-0.2, 0) is 11.2 Å². The van der Waals surface area contributed by atoms with Crippen molar-refractivity contribution >= 4 is 39.9 Å². The summed E-state index contributed by atoms with van der Waals surface area (Å²) in [5, 5.41) is 22.5. The van der Waals surface area contributed by atoms with Crippen LogP contribution < -0.4 is 10.0 Å². The third kappa shape index (κ3) is 2.59. The molecule has 1 aliphatic heterocycles. The summed E-state index contributed by atoms with van der Waals surface area (Å²) in [6.45, 7) is 0. The highest BCUT2D eigenvalue weighted by molar-refractivity contribution is 6.36. The van der Waals surface area contributed by atoms with Gasteiger partial charge in [-0.1, -0.05) is 18.2 Å². The Morgan fingerprint density at radius 3 is 2.18 bits per heavy atom. The minimum Gasteiger partial charge on any atom is -0.550 e. The molecular weight excluding hydrogens is 364 g/mol. The van der Waals surface area contributed by atoms with Gasteiger partial charge in [0.1, 0.15) is 0 Å². The Kier molecular flexibility index (Phi) is 3.89. The zero-order chi connectivity index (χ0) is 20.0. The van der Waals surface area contributed by atoms with Crippen molar-refractivity contribution < 1.29 is 24.4 Å². The second kappa shape index (κ2) is 6.27. The van der Waals surface area contributed by atoms with Gasteiger partial charge in [0.25, 0.3) is 17.5 Å². The molecule has 1 aliphatic rings. The summed E-state index contributed by atoms with van der Waals surface area (Å²) < 4.78 is 0. The Balaban J connectivity index is 1.85. The average Bonchev–Trinajstić information content (AvgIpc) is 2.66. The quantitative estimate of drug-likeness (QED) is 0.390. The van der Waals surface area contributed by atoms with E-state index in [1.807, 2.05) is 0 Å². The van der Waals surface area contributed by atoms with Crippen molar-refractivity contribution in [2.24, 2.45) is 0 Å². The number of hydrogen-bond acceptors (Lipinski definition) is 6. The van der Waals surface area contributed by atoms with Crippen molar-refractivity contribution in [3.63, 3.8) is 0 Å². The highest BCUT2D eigenvalue weighted by Crippen LogP contribution is 2.36. The van der Waals surface area contributed by atoms with Crippen molar-refractivity contribution in [3.05, 3.63) is 81.4 Å². The van der Waals surface area contributed by atoms with Gasteiger partial charge in [0.15, 0.2) is 0 Å². The van der Waals surface area contributed by atoms with Crippen LogP contribution in [0.15, 0.2) is 54.6 Å². The number of non-ortho nitro benzene ring substituents is 1. The predicted octanol–water partition coefficient (Wildman–Crippen LogP) is 1.84. The highest BCUT2D eigenvalue weighted by atomic mass is 16.6. The smallest absolute Gasteiger partial charge is 0.277 e. The molecule has 28 heavy (non-hydrogen) atoms. The molecule has 0 spiro atoms. The minimum atomic E-state index is -1.24. The number of carbonyl (C=O) groups excluding carboxylic acids is 3. The number of aliphatic carboxylic acids is 1. The molecule has 0 unspecified atom stereocenters. The molecule has 1 heterocycles. The van der Waals surface area contributed by atoms with E-state index < -0.39 is 22.7 Å². The first-order valence-corrected chi connectivity index (χ1v) is 8.26. The lowest BCUT2D eigenvalue weighted by Gasteiger charge is -2.27. The molecule has 0 aromatic heterocycles. The molecule has 2 amide bonds. The molecule has 0 bridgehead atoms. The number of anilines is 1. The summed E-state index contributed by atoms with van der Waals surface area (Å²) in [5.41, 5.74) is 0.947. The van der Waals surface area contributed by atoms with E-state index in [4.69, 9.17) is 0 Å². The van der Waals surface area contributed by atoms with Crippen LogP contribution in [0, 0.1) is 10.1 Å². The Morgan fingerprint density at radius 2 is 1.57 bits per heavy atom. The number of nitro groups is 1. The van der Waals surface area contributed by atoms with E-state index in [2.05, 4.69) is 0 Å². The molecule has 0 N–H and O–H groups in total. The lowest BCUT2D eigenvalue weighted by molar-refractivity contribution is -0.383. The van der Waals surface area contributed by atoms with E-state index in [0.717, 1.165) is 4.90 Å². The minimum absolute atomic E-state index is 0.179. The normalized spacial score (nSPS) is 13.1. The third-order valence-electron chi connectivity index (χ3n) is 4.62. The van der Waals surface area contributed by atoms with Crippen LogP contribution in [0.1, 0.15) is 26.3 Å². The largest absolute Gasteiger partial charge is 0.550 e. The number of hydrogen-bond donors (Lipinski definition) is 0. The topological polar surface area (TPSA) is 121 Å². The fourth-order valence-electron chi connectivity index (χ4n) is 3.40. The highest BCUT2D eigenvalue weighted by Gasteiger charge is 2.35. The number of rotatable bonds is 4. The Bertz CT molecular complexity index is 1160. The zero-order valence-electron chi connectivity index (χ0n) is 14.2. The van der Waals surface area contributed by atoms with Gasteiger partial charge in [0, 0.05) is 35.0 Å². The standard InChI is InChI=1S/C20H12N2O6/c23-17(24)10-11-4-6-12(7-5-11)21-19(25)14-3-1-2-13-16(22(27)28)9-8-15(18(13)14)20(21)26/h1-9H,10H2,(H,23,24)/p-1. The molecule has 138 valence electrons. The lowest BCUT2D eigenvalue weighted by atomic mass is 9.92. The number of amides is 2. The summed E-state index contributed by atoms with van der Waals surface area (Å²) in [6, 6.07) is 13.1. The fourth-order valence-corrected chi connectivity index (χ4v) is 3.40. The summed E-state index contributed by atoms with van der Waals surface area (Å²) >= 11 is 0. The maximum Gasteiger partial charge on any atom is 0.277 e. The molecule has 8 heteroatoms. The molecule has 0 fully saturated rings. The molecule has 0 saturated heterocycles. The van der Waals surface area contributed by atoms with E-state index in [9.17, 15) is 29.6 Å². The summed E-state index contributed by atoms with van der Waals surface area (Å²) in [7, 11) is 0.